The summed E-state index contributed by atoms with van der Waals surface area (Å²) in [5.74, 6) is 0.606. The molecule has 6 nitrogen and oxygen atoms in total. The first-order valence-corrected chi connectivity index (χ1v) is 13.1. The summed E-state index contributed by atoms with van der Waals surface area (Å²) < 4.78 is 11.4. The van der Waals surface area contributed by atoms with Crippen LogP contribution in [0.5, 0.6) is 0 Å². The third-order valence-electron chi connectivity index (χ3n) is 5.68. The van der Waals surface area contributed by atoms with Gasteiger partial charge in [0, 0.05) is 11.6 Å². The molecule has 0 atom stereocenters. The van der Waals surface area contributed by atoms with E-state index in [1.807, 2.05) is 92.7 Å². The zero-order valence-corrected chi connectivity index (χ0v) is 21.9. The number of thioether (sulfide) groups is 1. The molecular formula is C31H26N2O4S. The van der Waals surface area contributed by atoms with Crippen LogP contribution in [-0.2, 0) is 16.1 Å². The fourth-order valence-electron chi connectivity index (χ4n) is 3.91. The number of para-hydroxylation sites is 1. The quantitative estimate of drug-likeness (QED) is 0.188. The van der Waals surface area contributed by atoms with Crippen molar-refractivity contribution < 1.29 is 18.7 Å². The van der Waals surface area contributed by atoms with Gasteiger partial charge in [-0.2, -0.15) is 0 Å². The largest absolute Gasteiger partial charge is 0.459 e. The van der Waals surface area contributed by atoms with Crippen molar-refractivity contribution in [3.63, 3.8) is 0 Å². The molecule has 0 spiro atoms. The van der Waals surface area contributed by atoms with E-state index in [1.54, 1.807) is 29.2 Å². The van der Waals surface area contributed by atoms with Crippen molar-refractivity contribution in [3.8, 4) is 11.3 Å². The first-order valence-electron chi connectivity index (χ1n) is 12.3. The van der Waals surface area contributed by atoms with Crippen molar-refractivity contribution >= 4 is 40.6 Å². The van der Waals surface area contributed by atoms with Crippen molar-refractivity contribution in [1.82, 2.24) is 4.90 Å². The zero-order valence-electron chi connectivity index (χ0n) is 21.0. The highest BCUT2D eigenvalue weighted by molar-refractivity contribution is 8.18. The molecule has 1 aliphatic rings. The van der Waals surface area contributed by atoms with Gasteiger partial charge in [-0.05, 0) is 67.6 Å². The molecule has 190 valence electrons. The van der Waals surface area contributed by atoms with Gasteiger partial charge in [-0.15, -0.1) is 0 Å². The number of benzene rings is 3. The second kappa shape index (κ2) is 11.4. The van der Waals surface area contributed by atoms with Gasteiger partial charge in [-0.3, -0.25) is 9.69 Å². The number of hydrogen-bond acceptors (Lipinski definition) is 6. The molecule has 0 unspecified atom stereocenters. The maximum atomic E-state index is 13.5. The van der Waals surface area contributed by atoms with E-state index in [4.69, 9.17) is 14.1 Å². The lowest BCUT2D eigenvalue weighted by atomic mass is 10.1. The van der Waals surface area contributed by atoms with Crippen molar-refractivity contribution in [2.45, 2.75) is 26.5 Å². The van der Waals surface area contributed by atoms with E-state index in [0.717, 1.165) is 16.8 Å². The Morgan fingerprint density at radius 3 is 2.45 bits per heavy atom. The molecule has 0 bridgehead atoms. The number of carbonyl (C=O) groups is 2. The number of amides is 1. The van der Waals surface area contributed by atoms with Crippen molar-refractivity contribution in [3.05, 3.63) is 119 Å². The van der Waals surface area contributed by atoms with E-state index in [0.29, 0.717) is 33.7 Å². The SMILES string of the molecule is CC(C)OC(=O)c1cccc(-c2ccc(/C=C3/SC(=Nc4ccccc4)N(Cc4ccccc4)C3=O)o2)c1. The van der Waals surface area contributed by atoms with Crippen LogP contribution in [0.25, 0.3) is 17.4 Å². The summed E-state index contributed by atoms with van der Waals surface area (Å²) in [6.45, 7) is 4.04. The minimum absolute atomic E-state index is 0.134. The summed E-state index contributed by atoms with van der Waals surface area (Å²) in [4.78, 5) is 32.7. The molecule has 1 fully saturated rings. The molecule has 1 aliphatic heterocycles. The van der Waals surface area contributed by atoms with E-state index >= 15 is 0 Å². The van der Waals surface area contributed by atoms with E-state index < -0.39 is 0 Å². The second-order valence-corrected chi connectivity index (χ2v) is 9.96. The Labute approximate surface area is 225 Å². The van der Waals surface area contributed by atoms with Crippen LogP contribution >= 0.6 is 11.8 Å². The lowest BCUT2D eigenvalue weighted by Crippen LogP contribution is -2.28. The molecule has 7 heteroatoms. The smallest absolute Gasteiger partial charge is 0.338 e. The normalized spacial score (nSPS) is 15.6. The minimum atomic E-state index is -0.382. The van der Waals surface area contributed by atoms with Crippen LogP contribution < -0.4 is 0 Å². The third kappa shape index (κ3) is 5.95. The van der Waals surface area contributed by atoms with Gasteiger partial charge in [-0.1, -0.05) is 60.7 Å². The highest BCUT2D eigenvalue weighted by Gasteiger charge is 2.33. The summed E-state index contributed by atoms with van der Waals surface area (Å²) in [5, 5.41) is 0.611. The number of furan rings is 1. The molecule has 0 saturated carbocycles. The molecule has 5 rings (SSSR count). The first-order chi connectivity index (χ1) is 18.5. The molecule has 38 heavy (non-hydrogen) atoms. The number of nitrogens with zero attached hydrogens (tertiary/aromatic N) is 2. The van der Waals surface area contributed by atoms with Gasteiger partial charge in [0.1, 0.15) is 11.5 Å². The third-order valence-corrected chi connectivity index (χ3v) is 6.68. The van der Waals surface area contributed by atoms with Crippen LogP contribution in [0.15, 0.2) is 111 Å². The molecule has 0 radical (unpaired) electrons. The van der Waals surface area contributed by atoms with Gasteiger partial charge in [0.2, 0.25) is 0 Å². The van der Waals surface area contributed by atoms with E-state index in [2.05, 4.69) is 0 Å². The van der Waals surface area contributed by atoms with Gasteiger partial charge in [-0.25, -0.2) is 9.79 Å². The van der Waals surface area contributed by atoms with Crippen molar-refractivity contribution in [2.24, 2.45) is 4.99 Å². The Morgan fingerprint density at radius 1 is 0.974 bits per heavy atom. The molecule has 1 amide bonds. The summed E-state index contributed by atoms with van der Waals surface area (Å²) >= 11 is 1.32. The summed E-state index contributed by atoms with van der Waals surface area (Å²) in [7, 11) is 0. The van der Waals surface area contributed by atoms with Crippen LogP contribution in [0.3, 0.4) is 0 Å². The fraction of sp³-hybridized carbons (Fsp3) is 0.129. The summed E-state index contributed by atoms with van der Waals surface area (Å²) in [6, 6.07) is 30.2. The summed E-state index contributed by atoms with van der Waals surface area (Å²) in [5.41, 5.74) is 2.99. The van der Waals surface area contributed by atoms with E-state index in [-0.39, 0.29) is 18.0 Å². The number of rotatable bonds is 7. The number of hydrogen-bond donors (Lipinski definition) is 0. The Kier molecular flexibility index (Phi) is 7.56. The van der Waals surface area contributed by atoms with E-state index in [9.17, 15) is 9.59 Å². The first kappa shape index (κ1) is 25.3. The Balaban J connectivity index is 1.42. The predicted molar refractivity (Wildman–Crippen MR) is 151 cm³/mol. The van der Waals surface area contributed by atoms with Gasteiger partial charge < -0.3 is 9.15 Å². The van der Waals surface area contributed by atoms with Crippen molar-refractivity contribution in [2.75, 3.05) is 0 Å². The van der Waals surface area contributed by atoms with Crippen LogP contribution in [0.1, 0.15) is 35.5 Å². The average molecular weight is 523 g/mol. The fourth-order valence-corrected chi connectivity index (χ4v) is 4.88. The van der Waals surface area contributed by atoms with Crippen LogP contribution in [0.4, 0.5) is 5.69 Å². The predicted octanol–water partition coefficient (Wildman–Crippen LogP) is 7.32. The molecule has 1 aromatic heterocycles. The van der Waals surface area contributed by atoms with E-state index in [1.165, 1.54) is 11.8 Å². The van der Waals surface area contributed by atoms with Gasteiger partial charge in [0.05, 0.1) is 28.8 Å². The van der Waals surface area contributed by atoms with Gasteiger partial charge in [0.15, 0.2) is 5.17 Å². The van der Waals surface area contributed by atoms with Gasteiger partial charge in [0.25, 0.3) is 5.91 Å². The highest BCUT2D eigenvalue weighted by Crippen LogP contribution is 2.36. The zero-order chi connectivity index (χ0) is 26.5. The molecule has 0 N–H and O–H groups in total. The Morgan fingerprint density at radius 2 is 1.71 bits per heavy atom. The maximum Gasteiger partial charge on any atom is 0.338 e. The number of ether oxygens (including phenoxy) is 1. The topological polar surface area (TPSA) is 72.1 Å². The molecule has 3 aromatic carbocycles. The Hall–Kier alpha value is -4.36. The standard InChI is InChI=1S/C31H26N2O4S/c1-21(2)36-30(35)24-13-9-12-23(18-24)27-17-16-26(37-27)19-28-29(34)33(20-22-10-5-3-6-11-22)31(38-28)32-25-14-7-4-8-15-25/h3-19,21H,20H2,1-2H3/b28-19+,32-31?. The average Bonchev–Trinajstić information content (AvgIpc) is 3.50. The molecule has 0 aliphatic carbocycles. The minimum Gasteiger partial charge on any atom is -0.459 e. The number of carbonyl (C=O) groups excluding carboxylic acids is 2. The molecule has 1 saturated heterocycles. The van der Waals surface area contributed by atoms with Crippen LogP contribution in [-0.4, -0.2) is 28.0 Å². The van der Waals surface area contributed by atoms with Crippen LogP contribution in [0.2, 0.25) is 0 Å². The lowest BCUT2D eigenvalue weighted by molar-refractivity contribution is -0.122. The Bertz CT molecular complexity index is 1510. The molecule has 2 heterocycles. The molecule has 4 aromatic rings. The summed E-state index contributed by atoms with van der Waals surface area (Å²) in [6.07, 6.45) is 1.53. The number of aliphatic imine (C=N–C) groups is 1. The second-order valence-electron chi connectivity index (χ2n) is 8.95. The van der Waals surface area contributed by atoms with Crippen molar-refractivity contribution in [1.29, 1.82) is 0 Å². The monoisotopic (exact) mass is 522 g/mol. The number of esters is 1. The molecular weight excluding hydrogens is 496 g/mol. The lowest BCUT2D eigenvalue weighted by Gasteiger charge is -2.15. The van der Waals surface area contributed by atoms with Crippen LogP contribution in [0, 0.1) is 0 Å². The highest BCUT2D eigenvalue weighted by atomic mass is 32.2. The van der Waals surface area contributed by atoms with Gasteiger partial charge >= 0.3 is 5.97 Å². The maximum absolute atomic E-state index is 13.5. The number of amidine groups is 1.